The van der Waals surface area contributed by atoms with Crippen molar-refractivity contribution in [3.63, 3.8) is 0 Å². The highest BCUT2D eigenvalue weighted by Gasteiger charge is 2.14. The van der Waals surface area contributed by atoms with Crippen LogP contribution in [-0.2, 0) is 11.3 Å². The molecule has 0 radical (unpaired) electrons. The van der Waals surface area contributed by atoms with E-state index in [1.807, 2.05) is 43.3 Å². The van der Waals surface area contributed by atoms with E-state index in [1.165, 1.54) is 0 Å². The van der Waals surface area contributed by atoms with Gasteiger partial charge in [0.15, 0.2) is 0 Å². The number of ether oxygens (including phenoxy) is 1. The lowest BCUT2D eigenvalue weighted by molar-refractivity contribution is -0.132. The van der Waals surface area contributed by atoms with Gasteiger partial charge in [0.2, 0.25) is 5.91 Å². The maximum Gasteiger partial charge on any atom is 0.258 e. The summed E-state index contributed by atoms with van der Waals surface area (Å²) in [5.74, 6) is 1.18. The Kier molecular flexibility index (Phi) is 5.63. The van der Waals surface area contributed by atoms with Gasteiger partial charge in [-0.1, -0.05) is 30.3 Å². The highest BCUT2D eigenvalue weighted by molar-refractivity contribution is 5.78. The van der Waals surface area contributed by atoms with Crippen LogP contribution in [0.3, 0.4) is 0 Å². The molecule has 3 aromatic rings. The van der Waals surface area contributed by atoms with Gasteiger partial charge in [-0.3, -0.25) is 9.59 Å². The molecule has 1 heterocycles. The van der Waals surface area contributed by atoms with Crippen LogP contribution in [-0.4, -0.2) is 33.9 Å². The Bertz CT molecular complexity index is 938. The fourth-order valence-corrected chi connectivity index (χ4v) is 2.70. The molecular weight excluding hydrogens is 330 g/mol. The summed E-state index contributed by atoms with van der Waals surface area (Å²) in [5.41, 5.74) is 0.434. The number of benzene rings is 2. The molecule has 134 valence electrons. The lowest BCUT2D eigenvalue weighted by Gasteiger charge is -2.20. The Morgan fingerprint density at radius 1 is 1.12 bits per heavy atom. The van der Waals surface area contributed by atoms with Crippen LogP contribution in [0.4, 0.5) is 0 Å². The number of amides is 1. The second-order valence-electron chi connectivity index (χ2n) is 5.85. The quantitative estimate of drug-likeness (QED) is 0.710. The van der Waals surface area contributed by atoms with Crippen molar-refractivity contribution in [1.82, 2.24) is 14.9 Å². The van der Waals surface area contributed by atoms with Crippen LogP contribution in [0.2, 0.25) is 0 Å². The second kappa shape index (κ2) is 8.29. The SMILES string of the molecule is CCN(Cc1nc2ccccc2c(=O)[nH]1)C(=O)CCOc1ccccc1. The Morgan fingerprint density at radius 2 is 1.85 bits per heavy atom. The Hall–Kier alpha value is -3.15. The Balaban J connectivity index is 1.63. The van der Waals surface area contributed by atoms with Crippen molar-refractivity contribution in [2.24, 2.45) is 0 Å². The van der Waals surface area contributed by atoms with Crippen LogP contribution in [0.25, 0.3) is 10.9 Å². The average Bonchev–Trinajstić information content (AvgIpc) is 2.67. The van der Waals surface area contributed by atoms with Gasteiger partial charge >= 0.3 is 0 Å². The van der Waals surface area contributed by atoms with Crippen LogP contribution in [0.5, 0.6) is 5.75 Å². The molecule has 3 rings (SSSR count). The number of carbonyl (C=O) groups excluding carboxylic acids is 1. The Labute approximate surface area is 151 Å². The zero-order chi connectivity index (χ0) is 18.4. The standard InChI is InChI=1S/C20H21N3O3/c1-2-23(19(24)12-13-26-15-8-4-3-5-9-15)14-18-21-17-11-7-6-10-16(17)20(25)22-18/h3-11H,2,12-14H2,1H3,(H,21,22,25). The minimum Gasteiger partial charge on any atom is -0.493 e. The molecule has 0 aliphatic carbocycles. The third-order valence-corrected chi connectivity index (χ3v) is 4.06. The summed E-state index contributed by atoms with van der Waals surface area (Å²) in [6, 6.07) is 16.5. The third kappa shape index (κ3) is 4.27. The summed E-state index contributed by atoms with van der Waals surface area (Å²) < 4.78 is 5.58. The lowest BCUT2D eigenvalue weighted by Crippen LogP contribution is -2.32. The molecule has 1 amide bonds. The number of rotatable bonds is 7. The van der Waals surface area contributed by atoms with E-state index in [9.17, 15) is 9.59 Å². The first-order valence-corrected chi connectivity index (χ1v) is 8.61. The first kappa shape index (κ1) is 17.7. The summed E-state index contributed by atoms with van der Waals surface area (Å²) in [6.45, 7) is 3.00. The molecular formula is C20H21N3O3. The zero-order valence-electron chi connectivity index (χ0n) is 14.6. The van der Waals surface area contributed by atoms with Gasteiger partial charge in [0, 0.05) is 6.54 Å². The number of carbonyl (C=O) groups is 1. The van der Waals surface area contributed by atoms with E-state index in [0.29, 0.717) is 29.9 Å². The van der Waals surface area contributed by atoms with Gasteiger partial charge in [0.25, 0.3) is 5.56 Å². The van der Waals surface area contributed by atoms with Crippen molar-refractivity contribution in [3.8, 4) is 5.75 Å². The lowest BCUT2D eigenvalue weighted by atomic mass is 10.2. The number of para-hydroxylation sites is 2. The van der Waals surface area contributed by atoms with Crippen molar-refractivity contribution in [2.75, 3.05) is 13.2 Å². The molecule has 1 N–H and O–H groups in total. The van der Waals surface area contributed by atoms with Crippen LogP contribution < -0.4 is 10.3 Å². The first-order chi connectivity index (χ1) is 12.7. The smallest absolute Gasteiger partial charge is 0.258 e. The van der Waals surface area contributed by atoms with Crippen LogP contribution in [0.15, 0.2) is 59.4 Å². The minimum atomic E-state index is -0.193. The molecule has 0 bridgehead atoms. The number of nitrogens with zero attached hydrogens (tertiary/aromatic N) is 2. The molecule has 2 aromatic carbocycles. The summed E-state index contributed by atoms with van der Waals surface area (Å²) in [5, 5.41) is 0.543. The van der Waals surface area contributed by atoms with E-state index in [1.54, 1.807) is 23.1 Å². The van der Waals surface area contributed by atoms with Crippen molar-refractivity contribution in [3.05, 3.63) is 70.8 Å². The fraction of sp³-hybridized carbons (Fsp3) is 0.250. The molecule has 0 fully saturated rings. The van der Waals surface area contributed by atoms with E-state index in [0.717, 1.165) is 5.75 Å². The van der Waals surface area contributed by atoms with Gasteiger partial charge in [-0.25, -0.2) is 4.98 Å². The van der Waals surface area contributed by atoms with E-state index >= 15 is 0 Å². The predicted molar refractivity (Wildman–Crippen MR) is 100 cm³/mol. The van der Waals surface area contributed by atoms with Gasteiger partial charge in [-0.2, -0.15) is 0 Å². The number of aromatic amines is 1. The number of aromatic nitrogens is 2. The topological polar surface area (TPSA) is 75.3 Å². The molecule has 1 aromatic heterocycles. The molecule has 6 heteroatoms. The molecule has 0 unspecified atom stereocenters. The van der Waals surface area contributed by atoms with Gasteiger partial charge in [-0.15, -0.1) is 0 Å². The fourth-order valence-electron chi connectivity index (χ4n) is 2.70. The highest BCUT2D eigenvalue weighted by atomic mass is 16.5. The number of hydrogen-bond donors (Lipinski definition) is 1. The maximum absolute atomic E-state index is 12.4. The molecule has 0 saturated carbocycles. The zero-order valence-corrected chi connectivity index (χ0v) is 14.6. The largest absolute Gasteiger partial charge is 0.493 e. The minimum absolute atomic E-state index is 0.0424. The van der Waals surface area contributed by atoms with Crippen LogP contribution >= 0.6 is 0 Å². The normalized spacial score (nSPS) is 10.7. The summed E-state index contributed by atoms with van der Waals surface area (Å²) in [4.78, 5) is 33.5. The molecule has 0 aliphatic rings. The van der Waals surface area contributed by atoms with Crippen molar-refractivity contribution in [2.45, 2.75) is 19.9 Å². The van der Waals surface area contributed by atoms with Crippen LogP contribution in [0, 0.1) is 0 Å². The average molecular weight is 351 g/mol. The molecule has 0 saturated heterocycles. The van der Waals surface area contributed by atoms with E-state index < -0.39 is 0 Å². The number of fused-ring (bicyclic) bond motifs is 1. The molecule has 26 heavy (non-hydrogen) atoms. The van der Waals surface area contributed by atoms with Crippen molar-refractivity contribution in [1.29, 1.82) is 0 Å². The second-order valence-corrected chi connectivity index (χ2v) is 5.85. The van der Waals surface area contributed by atoms with Gasteiger partial charge in [0.05, 0.1) is 30.5 Å². The monoisotopic (exact) mass is 351 g/mol. The van der Waals surface area contributed by atoms with Crippen molar-refractivity contribution >= 4 is 16.8 Å². The maximum atomic E-state index is 12.4. The predicted octanol–water partition coefficient (Wildman–Crippen LogP) is 2.74. The van der Waals surface area contributed by atoms with E-state index in [4.69, 9.17) is 4.74 Å². The van der Waals surface area contributed by atoms with Crippen LogP contribution in [0.1, 0.15) is 19.2 Å². The first-order valence-electron chi connectivity index (χ1n) is 8.61. The van der Waals surface area contributed by atoms with Gasteiger partial charge < -0.3 is 14.6 Å². The highest BCUT2D eigenvalue weighted by Crippen LogP contribution is 2.10. The molecule has 0 spiro atoms. The number of hydrogen-bond acceptors (Lipinski definition) is 4. The third-order valence-electron chi connectivity index (χ3n) is 4.06. The Morgan fingerprint density at radius 3 is 2.62 bits per heavy atom. The van der Waals surface area contributed by atoms with E-state index in [-0.39, 0.29) is 24.4 Å². The summed E-state index contributed by atoms with van der Waals surface area (Å²) >= 11 is 0. The van der Waals surface area contributed by atoms with E-state index in [2.05, 4.69) is 9.97 Å². The molecule has 6 nitrogen and oxygen atoms in total. The van der Waals surface area contributed by atoms with Gasteiger partial charge in [-0.05, 0) is 31.2 Å². The summed E-state index contributed by atoms with van der Waals surface area (Å²) in [6.07, 6.45) is 0.264. The number of nitrogens with one attached hydrogen (secondary N) is 1. The molecule has 0 aliphatic heterocycles. The molecule has 0 atom stereocenters. The van der Waals surface area contributed by atoms with Crippen molar-refractivity contribution < 1.29 is 9.53 Å². The number of H-pyrrole nitrogens is 1. The van der Waals surface area contributed by atoms with Gasteiger partial charge in [0.1, 0.15) is 11.6 Å². The summed E-state index contributed by atoms with van der Waals surface area (Å²) in [7, 11) is 0.